The fraction of sp³-hybridized carbons (Fsp3) is 0.0769. The Morgan fingerprint density at radius 2 is 1.53 bits per heavy atom. The molecule has 0 amide bonds. The van der Waals surface area contributed by atoms with Crippen molar-refractivity contribution < 1.29 is 14.8 Å². The molecular formula is C13H11BCl2O3. The first-order valence-electron chi connectivity index (χ1n) is 5.58. The van der Waals surface area contributed by atoms with Gasteiger partial charge in [0.25, 0.3) is 0 Å². The highest BCUT2D eigenvalue weighted by Gasteiger charge is 2.09. The van der Waals surface area contributed by atoms with Gasteiger partial charge in [0.1, 0.15) is 12.4 Å². The van der Waals surface area contributed by atoms with E-state index in [2.05, 4.69) is 0 Å². The lowest BCUT2D eigenvalue weighted by atomic mass is 9.80. The van der Waals surface area contributed by atoms with E-state index in [0.717, 1.165) is 5.56 Å². The van der Waals surface area contributed by atoms with Gasteiger partial charge in [-0.2, -0.15) is 0 Å². The fourth-order valence-corrected chi connectivity index (χ4v) is 2.07. The van der Waals surface area contributed by atoms with Crippen LogP contribution >= 0.6 is 23.2 Å². The summed E-state index contributed by atoms with van der Waals surface area (Å²) >= 11 is 11.7. The molecule has 2 N–H and O–H groups in total. The lowest BCUT2D eigenvalue weighted by Crippen LogP contribution is -2.29. The van der Waals surface area contributed by atoms with E-state index in [4.69, 9.17) is 38.0 Å². The molecule has 0 fully saturated rings. The topological polar surface area (TPSA) is 49.7 Å². The molecule has 98 valence electrons. The average Bonchev–Trinajstić information content (AvgIpc) is 2.36. The van der Waals surface area contributed by atoms with Crippen LogP contribution in [0.2, 0.25) is 10.0 Å². The Morgan fingerprint density at radius 1 is 0.947 bits per heavy atom. The molecule has 0 radical (unpaired) electrons. The van der Waals surface area contributed by atoms with E-state index >= 15 is 0 Å². The first kappa shape index (κ1) is 14.2. The van der Waals surface area contributed by atoms with Gasteiger partial charge in [0.2, 0.25) is 0 Å². The first-order chi connectivity index (χ1) is 9.04. The molecular weight excluding hydrogens is 286 g/mol. The van der Waals surface area contributed by atoms with Gasteiger partial charge in [0.15, 0.2) is 0 Å². The molecule has 19 heavy (non-hydrogen) atoms. The maximum atomic E-state index is 8.98. The van der Waals surface area contributed by atoms with Crippen molar-refractivity contribution in [3.63, 3.8) is 0 Å². The third-order valence-electron chi connectivity index (χ3n) is 2.52. The normalized spacial score (nSPS) is 10.3. The number of hydrogen-bond acceptors (Lipinski definition) is 3. The van der Waals surface area contributed by atoms with Crippen molar-refractivity contribution >= 4 is 35.8 Å². The molecule has 0 unspecified atom stereocenters. The second kappa shape index (κ2) is 6.30. The van der Waals surface area contributed by atoms with Crippen LogP contribution in [0.5, 0.6) is 5.75 Å². The summed E-state index contributed by atoms with van der Waals surface area (Å²) in [5.41, 5.74) is 1.34. The lowest BCUT2D eigenvalue weighted by molar-refractivity contribution is 0.306. The number of rotatable bonds is 4. The maximum absolute atomic E-state index is 8.98. The SMILES string of the molecule is OB(O)c1ccc(COc2cc(Cl)cc(Cl)c2)cc1. The van der Waals surface area contributed by atoms with Gasteiger partial charge in [0.05, 0.1) is 0 Å². The van der Waals surface area contributed by atoms with Gasteiger partial charge in [-0.1, -0.05) is 47.5 Å². The van der Waals surface area contributed by atoms with Gasteiger partial charge in [-0.05, 0) is 29.2 Å². The van der Waals surface area contributed by atoms with Crippen LogP contribution in [0.4, 0.5) is 0 Å². The summed E-state index contributed by atoms with van der Waals surface area (Å²) < 4.78 is 5.56. The van der Waals surface area contributed by atoms with E-state index < -0.39 is 7.12 Å². The molecule has 0 aliphatic heterocycles. The van der Waals surface area contributed by atoms with Gasteiger partial charge >= 0.3 is 7.12 Å². The summed E-state index contributed by atoms with van der Waals surface area (Å²) in [6.45, 7) is 0.346. The minimum Gasteiger partial charge on any atom is -0.489 e. The van der Waals surface area contributed by atoms with Crippen LogP contribution in [0, 0.1) is 0 Å². The van der Waals surface area contributed by atoms with Crippen LogP contribution < -0.4 is 10.2 Å². The standard InChI is InChI=1S/C13H11BCl2O3/c15-11-5-12(16)7-13(6-11)19-8-9-1-3-10(4-2-9)14(17)18/h1-7,17-18H,8H2. The Kier molecular flexibility index (Phi) is 4.72. The minimum absolute atomic E-state index is 0.346. The number of halogens is 2. The lowest BCUT2D eigenvalue weighted by Gasteiger charge is -2.08. The predicted molar refractivity (Wildman–Crippen MR) is 77.1 cm³/mol. The Balaban J connectivity index is 2.02. The van der Waals surface area contributed by atoms with Crippen LogP contribution in [-0.2, 0) is 6.61 Å². The molecule has 0 saturated carbocycles. The molecule has 3 nitrogen and oxygen atoms in total. The van der Waals surface area contributed by atoms with Gasteiger partial charge in [-0.15, -0.1) is 0 Å². The summed E-state index contributed by atoms with van der Waals surface area (Å²) in [5, 5.41) is 19.0. The smallest absolute Gasteiger partial charge is 0.488 e. The second-order valence-electron chi connectivity index (χ2n) is 4.01. The highest BCUT2D eigenvalue weighted by Crippen LogP contribution is 2.24. The zero-order valence-corrected chi connectivity index (χ0v) is 11.4. The van der Waals surface area contributed by atoms with Crippen LogP contribution in [0.25, 0.3) is 0 Å². The van der Waals surface area contributed by atoms with Gasteiger partial charge < -0.3 is 14.8 Å². The maximum Gasteiger partial charge on any atom is 0.488 e. The van der Waals surface area contributed by atoms with E-state index in [1.165, 1.54) is 0 Å². The van der Waals surface area contributed by atoms with Crippen molar-refractivity contribution in [2.24, 2.45) is 0 Å². The van der Waals surface area contributed by atoms with E-state index in [0.29, 0.717) is 27.9 Å². The summed E-state index contributed by atoms with van der Waals surface area (Å²) in [4.78, 5) is 0. The highest BCUT2D eigenvalue weighted by atomic mass is 35.5. The largest absolute Gasteiger partial charge is 0.489 e. The molecule has 2 aromatic rings. The molecule has 0 aromatic heterocycles. The third kappa shape index (κ3) is 4.15. The van der Waals surface area contributed by atoms with Crippen LogP contribution in [0.1, 0.15) is 5.56 Å². The van der Waals surface area contributed by atoms with Crippen molar-refractivity contribution in [2.75, 3.05) is 0 Å². The van der Waals surface area contributed by atoms with Crippen molar-refractivity contribution in [1.29, 1.82) is 0 Å². The van der Waals surface area contributed by atoms with Crippen LogP contribution in [-0.4, -0.2) is 17.2 Å². The Bertz CT molecular complexity index is 538. The van der Waals surface area contributed by atoms with E-state index in [1.807, 2.05) is 0 Å². The fourth-order valence-electron chi connectivity index (χ4n) is 1.56. The van der Waals surface area contributed by atoms with Crippen molar-refractivity contribution in [1.82, 2.24) is 0 Å². The summed E-state index contributed by atoms with van der Waals surface area (Å²) in [5.74, 6) is 0.587. The van der Waals surface area contributed by atoms with Crippen molar-refractivity contribution in [3.05, 3.63) is 58.1 Å². The molecule has 0 bridgehead atoms. The Morgan fingerprint density at radius 3 is 2.05 bits per heavy atom. The van der Waals surface area contributed by atoms with Crippen LogP contribution in [0.3, 0.4) is 0 Å². The molecule has 0 aliphatic rings. The summed E-state index contributed by atoms with van der Waals surface area (Å²) in [7, 11) is -1.46. The molecule has 0 aliphatic carbocycles. The minimum atomic E-state index is -1.46. The number of hydrogen-bond donors (Lipinski definition) is 2. The van der Waals surface area contributed by atoms with E-state index in [9.17, 15) is 0 Å². The number of benzene rings is 2. The van der Waals surface area contributed by atoms with Gasteiger partial charge in [-0.25, -0.2) is 0 Å². The van der Waals surface area contributed by atoms with Gasteiger partial charge in [0, 0.05) is 10.0 Å². The van der Waals surface area contributed by atoms with E-state index in [1.54, 1.807) is 42.5 Å². The molecule has 0 heterocycles. The zero-order valence-electron chi connectivity index (χ0n) is 9.88. The molecule has 0 atom stereocenters. The number of ether oxygens (including phenoxy) is 1. The quantitative estimate of drug-likeness (QED) is 0.851. The van der Waals surface area contributed by atoms with Crippen LogP contribution in [0.15, 0.2) is 42.5 Å². The molecule has 6 heteroatoms. The Labute approximate surface area is 121 Å². The molecule has 2 aromatic carbocycles. The zero-order chi connectivity index (χ0) is 13.8. The third-order valence-corrected chi connectivity index (χ3v) is 2.96. The van der Waals surface area contributed by atoms with Crippen molar-refractivity contribution in [3.8, 4) is 5.75 Å². The summed E-state index contributed by atoms with van der Waals surface area (Å²) in [6.07, 6.45) is 0. The molecule has 0 spiro atoms. The average molecular weight is 297 g/mol. The summed E-state index contributed by atoms with van der Waals surface area (Å²) in [6, 6.07) is 11.8. The predicted octanol–water partition coefficient (Wildman–Crippen LogP) is 2.25. The first-order valence-corrected chi connectivity index (χ1v) is 6.34. The van der Waals surface area contributed by atoms with E-state index in [-0.39, 0.29) is 0 Å². The molecule has 2 rings (SSSR count). The van der Waals surface area contributed by atoms with Crippen molar-refractivity contribution in [2.45, 2.75) is 6.61 Å². The molecule has 0 saturated heterocycles. The Hall–Kier alpha value is -1.20. The van der Waals surface area contributed by atoms with Gasteiger partial charge in [-0.3, -0.25) is 0 Å². The second-order valence-corrected chi connectivity index (χ2v) is 4.88. The highest BCUT2D eigenvalue weighted by molar-refractivity contribution is 6.58. The monoisotopic (exact) mass is 296 g/mol.